The molecule has 0 fully saturated rings. The summed E-state index contributed by atoms with van der Waals surface area (Å²) in [6.07, 6.45) is 4.84. The molecule has 0 radical (unpaired) electrons. The van der Waals surface area contributed by atoms with Crippen LogP contribution in [0.3, 0.4) is 0 Å². The molecule has 6 nitrogen and oxygen atoms in total. The molecule has 0 saturated carbocycles. The van der Waals surface area contributed by atoms with Gasteiger partial charge in [-0.05, 0) is 22.5 Å². The standard InChI is InChI=1S/C8H7N3O3S3/c1-17(14)8-4-10-6(16-8)2-5-9-3-7(15-5)11(12)13/h3-4H,2H2,1H3. The van der Waals surface area contributed by atoms with Crippen LogP contribution < -0.4 is 0 Å². The van der Waals surface area contributed by atoms with E-state index >= 15 is 0 Å². The van der Waals surface area contributed by atoms with Gasteiger partial charge in [-0.2, -0.15) is 0 Å². The molecule has 0 saturated heterocycles. The molecule has 0 aromatic carbocycles. The van der Waals surface area contributed by atoms with E-state index in [2.05, 4.69) is 9.97 Å². The third-order valence-corrected chi connectivity index (χ3v) is 5.21. The largest absolute Gasteiger partial charge is 0.611 e. The average Bonchev–Trinajstić information content (AvgIpc) is 2.87. The fourth-order valence-corrected chi connectivity index (χ4v) is 3.54. The Balaban J connectivity index is 2.11. The highest BCUT2D eigenvalue weighted by atomic mass is 32.2. The molecule has 2 rings (SSSR count). The smallest absolute Gasteiger partial charge is 0.343 e. The number of hydrogen-bond acceptors (Lipinski definition) is 7. The van der Waals surface area contributed by atoms with Gasteiger partial charge in [-0.15, -0.1) is 0 Å². The summed E-state index contributed by atoms with van der Waals surface area (Å²) in [4.78, 5) is 18.1. The lowest BCUT2D eigenvalue weighted by molar-refractivity contribution is -0.380. The molecule has 90 valence electrons. The third kappa shape index (κ3) is 3.00. The monoisotopic (exact) mass is 289 g/mol. The first-order valence-electron chi connectivity index (χ1n) is 4.43. The second kappa shape index (κ2) is 5.08. The molecule has 0 amide bonds. The van der Waals surface area contributed by atoms with E-state index in [-0.39, 0.29) is 5.00 Å². The quantitative estimate of drug-likeness (QED) is 0.486. The van der Waals surface area contributed by atoms with Crippen LogP contribution in [0.15, 0.2) is 16.6 Å². The lowest BCUT2D eigenvalue weighted by atomic mass is 10.5. The Kier molecular flexibility index (Phi) is 3.72. The van der Waals surface area contributed by atoms with Crippen LogP contribution in [-0.2, 0) is 17.6 Å². The molecular formula is C8H7N3O3S3. The highest BCUT2D eigenvalue weighted by molar-refractivity contribution is 7.92. The van der Waals surface area contributed by atoms with Gasteiger partial charge in [0.2, 0.25) is 4.21 Å². The van der Waals surface area contributed by atoms with Crippen LogP contribution in [0.1, 0.15) is 10.0 Å². The van der Waals surface area contributed by atoms with Crippen LogP contribution in [0.25, 0.3) is 0 Å². The number of aromatic nitrogens is 2. The van der Waals surface area contributed by atoms with E-state index < -0.39 is 16.1 Å². The predicted molar refractivity (Wildman–Crippen MR) is 66.0 cm³/mol. The van der Waals surface area contributed by atoms with Gasteiger partial charge in [0.15, 0.2) is 0 Å². The summed E-state index contributed by atoms with van der Waals surface area (Å²) in [7, 11) is 0. The van der Waals surface area contributed by atoms with Crippen LogP contribution in [0.5, 0.6) is 0 Å². The normalized spacial score (nSPS) is 12.6. The summed E-state index contributed by atoms with van der Waals surface area (Å²) in [6.45, 7) is 0. The van der Waals surface area contributed by atoms with E-state index in [1.54, 1.807) is 12.5 Å². The summed E-state index contributed by atoms with van der Waals surface area (Å²) >= 11 is 1.34. The van der Waals surface area contributed by atoms with Crippen molar-refractivity contribution < 1.29 is 9.48 Å². The molecule has 1 atom stereocenters. The molecule has 17 heavy (non-hydrogen) atoms. The fourth-order valence-electron chi connectivity index (χ4n) is 1.10. The van der Waals surface area contributed by atoms with Crippen molar-refractivity contribution >= 4 is 38.9 Å². The summed E-state index contributed by atoms with van der Waals surface area (Å²) in [5.74, 6) is 0. The molecule has 0 N–H and O–H groups in total. The summed E-state index contributed by atoms with van der Waals surface area (Å²) in [5.41, 5.74) is 0. The van der Waals surface area contributed by atoms with Gasteiger partial charge >= 0.3 is 5.00 Å². The predicted octanol–water partition coefficient (Wildman–Crippen LogP) is 1.84. The van der Waals surface area contributed by atoms with Crippen molar-refractivity contribution in [2.75, 3.05) is 6.26 Å². The first-order chi connectivity index (χ1) is 8.06. The minimum Gasteiger partial charge on any atom is -0.611 e. The average molecular weight is 289 g/mol. The van der Waals surface area contributed by atoms with Gasteiger partial charge in [-0.25, -0.2) is 9.97 Å². The Bertz CT molecular complexity index is 537. The fraction of sp³-hybridized carbons (Fsp3) is 0.250. The van der Waals surface area contributed by atoms with Crippen LogP contribution >= 0.6 is 22.7 Å². The number of thiazole rings is 2. The summed E-state index contributed by atoms with van der Waals surface area (Å²) in [5, 5.41) is 11.9. The molecule has 9 heteroatoms. The van der Waals surface area contributed by atoms with Crippen molar-refractivity contribution in [2.45, 2.75) is 10.6 Å². The van der Waals surface area contributed by atoms with E-state index in [1.807, 2.05) is 0 Å². The van der Waals surface area contributed by atoms with Gasteiger partial charge < -0.3 is 4.55 Å². The molecule has 0 aliphatic carbocycles. The van der Waals surface area contributed by atoms with Crippen molar-refractivity contribution in [3.8, 4) is 0 Å². The Morgan fingerprint density at radius 1 is 1.35 bits per heavy atom. The maximum absolute atomic E-state index is 11.2. The van der Waals surface area contributed by atoms with Crippen molar-refractivity contribution in [2.24, 2.45) is 0 Å². The van der Waals surface area contributed by atoms with Crippen molar-refractivity contribution in [1.82, 2.24) is 9.97 Å². The Hall–Kier alpha value is -1.03. The Morgan fingerprint density at radius 2 is 2.00 bits per heavy atom. The maximum atomic E-state index is 11.2. The molecule has 0 bridgehead atoms. The number of rotatable bonds is 4. The zero-order chi connectivity index (χ0) is 12.4. The molecular weight excluding hydrogens is 282 g/mol. The van der Waals surface area contributed by atoms with Crippen LogP contribution in [-0.4, -0.2) is 25.7 Å². The van der Waals surface area contributed by atoms with Crippen molar-refractivity contribution in [3.63, 3.8) is 0 Å². The van der Waals surface area contributed by atoms with E-state index in [0.717, 1.165) is 16.3 Å². The molecule has 1 unspecified atom stereocenters. The summed E-state index contributed by atoms with van der Waals surface area (Å²) < 4.78 is 11.9. The first kappa shape index (κ1) is 12.4. The highest BCUT2D eigenvalue weighted by Crippen LogP contribution is 2.25. The van der Waals surface area contributed by atoms with Gasteiger partial charge in [0, 0.05) is 0 Å². The summed E-state index contributed by atoms with van der Waals surface area (Å²) in [6, 6.07) is 0. The molecule has 0 aliphatic heterocycles. The van der Waals surface area contributed by atoms with E-state index in [9.17, 15) is 14.7 Å². The first-order valence-corrected chi connectivity index (χ1v) is 7.62. The third-order valence-electron chi connectivity index (χ3n) is 1.84. The topological polar surface area (TPSA) is 92.0 Å². The van der Waals surface area contributed by atoms with E-state index in [1.165, 1.54) is 17.5 Å². The lowest BCUT2D eigenvalue weighted by Crippen LogP contribution is -1.92. The molecule has 0 aliphatic rings. The second-order valence-electron chi connectivity index (χ2n) is 3.05. The minimum atomic E-state index is -1.04. The van der Waals surface area contributed by atoms with Gasteiger partial charge in [0.25, 0.3) is 0 Å². The van der Waals surface area contributed by atoms with Crippen LogP contribution in [0.2, 0.25) is 0 Å². The second-order valence-corrected chi connectivity index (χ2v) is 6.87. The van der Waals surface area contributed by atoms with E-state index in [4.69, 9.17) is 0 Å². The van der Waals surface area contributed by atoms with Crippen molar-refractivity contribution in [1.29, 1.82) is 0 Å². The Morgan fingerprint density at radius 3 is 2.53 bits per heavy atom. The molecule has 2 heterocycles. The Labute approximate surface area is 108 Å². The lowest BCUT2D eigenvalue weighted by Gasteiger charge is -1.96. The highest BCUT2D eigenvalue weighted by Gasteiger charge is 2.15. The molecule has 0 spiro atoms. The minimum absolute atomic E-state index is 0.0239. The molecule has 2 aromatic rings. The van der Waals surface area contributed by atoms with Gasteiger partial charge in [0.1, 0.15) is 22.5 Å². The zero-order valence-electron chi connectivity index (χ0n) is 8.65. The van der Waals surface area contributed by atoms with Gasteiger partial charge in [0.05, 0.1) is 17.5 Å². The van der Waals surface area contributed by atoms with E-state index in [0.29, 0.717) is 15.6 Å². The number of nitrogens with zero attached hydrogens (tertiary/aromatic N) is 3. The number of hydrogen-bond donors (Lipinski definition) is 0. The van der Waals surface area contributed by atoms with Crippen LogP contribution in [0.4, 0.5) is 5.00 Å². The van der Waals surface area contributed by atoms with Crippen molar-refractivity contribution in [3.05, 3.63) is 32.5 Å². The maximum Gasteiger partial charge on any atom is 0.343 e. The number of nitro groups is 1. The zero-order valence-corrected chi connectivity index (χ0v) is 11.1. The van der Waals surface area contributed by atoms with Crippen LogP contribution in [0, 0.1) is 10.1 Å². The SMILES string of the molecule is C[S+]([O-])c1cnc(Cc2ncc([N+](=O)[O-])s2)s1. The molecule has 2 aromatic heterocycles. The van der Waals surface area contributed by atoms with Gasteiger partial charge in [-0.3, -0.25) is 10.1 Å². The van der Waals surface area contributed by atoms with Gasteiger partial charge in [-0.1, -0.05) is 11.3 Å².